The van der Waals surface area contributed by atoms with Gasteiger partial charge in [0.2, 0.25) is 0 Å². The molecule has 3 heteroatoms. The fourth-order valence-electron chi connectivity index (χ4n) is 2.96. The zero-order chi connectivity index (χ0) is 13.8. The summed E-state index contributed by atoms with van der Waals surface area (Å²) in [5, 5.41) is 9.07. The second-order valence-electron chi connectivity index (χ2n) is 5.51. The van der Waals surface area contributed by atoms with Gasteiger partial charge >= 0.3 is 5.97 Å². The molecule has 19 heavy (non-hydrogen) atoms. The number of aryl methyl sites for hydroxylation is 1. The molecule has 1 N–H and O–H groups in total. The van der Waals surface area contributed by atoms with E-state index >= 15 is 0 Å². The molecule has 0 bridgehead atoms. The number of Topliss-reactive ketones (excluding diaryl/α,β-unsaturated/α-hetero) is 1. The van der Waals surface area contributed by atoms with Crippen LogP contribution < -0.4 is 0 Å². The molecule has 0 unspecified atom stereocenters. The van der Waals surface area contributed by atoms with Crippen LogP contribution >= 0.6 is 0 Å². The summed E-state index contributed by atoms with van der Waals surface area (Å²) in [6, 6.07) is 7.59. The number of carboxylic acids is 1. The number of carbonyl (C=O) groups excluding carboxylic acids is 1. The van der Waals surface area contributed by atoms with Gasteiger partial charge in [-0.25, -0.2) is 0 Å². The molecule has 1 saturated carbocycles. The van der Waals surface area contributed by atoms with Crippen molar-refractivity contribution in [2.75, 3.05) is 0 Å². The second-order valence-corrected chi connectivity index (χ2v) is 5.51. The summed E-state index contributed by atoms with van der Waals surface area (Å²) in [5.41, 5.74) is 1.78. The minimum Gasteiger partial charge on any atom is -0.481 e. The average molecular weight is 260 g/mol. The molecule has 1 aromatic rings. The highest BCUT2D eigenvalue weighted by molar-refractivity contribution is 5.97. The second kappa shape index (κ2) is 6.00. The molecular weight excluding hydrogens is 240 g/mol. The van der Waals surface area contributed by atoms with E-state index in [1.54, 1.807) is 0 Å². The molecule has 1 aliphatic rings. The number of ketones is 1. The molecule has 0 saturated heterocycles. The van der Waals surface area contributed by atoms with E-state index in [0.29, 0.717) is 12.8 Å². The fourth-order valence-corrected chi connectivity index (χ4v) is 2.96. The van der Waals surface area contributed by atoms with Crippen LogP contribution in [-0.4, -0.2) is 16.9 Å². The van der Waals surface area contributed by atoms with Gasteiger partial charge in [-0.2, -0.15) is 0 Å². The lowest BCUT2D eigenvalue weighted by Gasteiger charge is -2.26. The van der Waals surface area contributed by atoms with Gasteiger partial charge in [-0.1, -0.05) is 30.7 Å². The number of carboxylic acid groups (broad SMARTS) is 1. The van der Waals surface area contributed by atoms with E-state index in [4.69, 9.17) is 5.11 Å². The van der Waals surface area contributed by atoms with Crippen molar-refractivity contribution in [1.82, 2.24) is 0 Å². The van der Waals surface area contributed by atoms with Crippen molar-refractivity contribution in [2.24, 2.45) is 11.8 Å². The Labute approximate surface area is 113 Å². The Morgan fingerprint density at radius 2 is 2.00 bits per heavy atom. The maximum atomic E-state index is 12.3. The van der Waals surface area contributed by atoms with Crippen molar-refractivity contribution in [3.63, 3.8) is 0 Å². The molecule has 1 aromatic carbocycles. The summed E-state index contributed by atoms with van der Waals surface area (Å²) in [6.45, 7) is 1.94. The molecule has 102 valence electrons. The van der Waals surface area contributed by atoms with Crippen LogP contribution in [0.25, 0.3) is 0 Å². The van der Waals surface area contributed by atoms with Gasteiger partial charge in [0.25, 0.3) is 0 Å². The topological polar surface area (TPSA) is 54.4 Å². The lowest BCUT2D eigenvalue weighted by atomic mass is 9.78. The quantitative estimate of drug-likeness (QED) is 0.843. The van der Waals surface area contributed by atoms with Crippen LogP contribution in [0.1, 0.15) is 48.0 Å². The van der Waals surface area contributed by atoms with Crippen molar-refractivity contribution in [3.05, 3.63) is 35.4 Å². The summed E-state index contributed by atoms with van der Waals surface area (Å²) in [7, 11) is 0. The van der Waals surface area contributed by atoms with Crippen molar-refractivity contribution >= 4 is 11.8 Å². The molecule has 0 aliphatic heterocycles. The fraction of sp³-hybridized carbons (Fsp3) is 0.500. The third kappa shape index (κ3) is 3.43. The smallest absolute Gasteiger partial charge is 0.306 e. The largest absolute Gasteiger partial charge is 0.481 e. The average Bonchev–Trinajstić information content (AvgIpc) is 2.39. The molecule has 0 amide bonds. The van der Waals surface area contributed by atoms with E-state index < -0.39 is 5.97 Å². The van der Waals surface area contributed by atoms with E-state index in [2.05, 4.69) is 0 Å². The van der Waals surface area contributed by atoms with Crippen molar-refractivity contribution in [1.29, 1.82) is 0 Å². The standard InChI is InChI=1S/C16H20O3/c1-11-5-2-3-8-14(11)15(17)10-12-6-4-7-13(9-12)16(18)19/h2-3,5,8,12-13H,4,6-7,9-10H2,1H3,(H,18,19)/t12-,13+/m0/s1. The van der Waals surface area contributed by atoms with Crippen LogP contribution in [0.4, 0.5) is 0 Å². The highest BCUT2D eigenvalue weighted by Gasteiger charge is 2.28. The molecule has 2 atom stereocenters. The minimum absolute atomic E-state index is 0.147. The van der Waals surface area contributed by atoms with Crippen LogP contribution in [0.2, 0.25) is 0 Å². The van der Waals surface area contributed by atoms with Crippen molar-refractivity contribution in [2.45, 2.75) is 39.0 Å². The van der Waals surface area contributed by atoms with Crippen molar-refractivity contribution < 1.29 is 14.7 Å². The molecule has 0 radical (unpaired) electrons. The monoisotopic (exact) mass is 260 g/mol. The third-order valence-electron chi connectivity index (χ3n) is 4.05. The van der Waals surface area contributed by atoms with E-state index in [9.17, 15) is 9.59 Å². The molecule has 3 nitrogen and oxygen atoms in total. The number of carbonyl (C=O) groups is 2. The Morgan fingerprint density at radius 1 is 1.26 bits per heavy atom. The zero-order valence-corrected chi connectivity index (χ0v) is 11.3. The molecule has 1 fully saturated rings. The summed E-state index contributed by atoms with van der Waals surface area (Å²) in [6.07, 6.45) is 3.77. The van der Waals surface area contributed by atoms with Crippen LogP contribution in [0.15, 0.2) is 24.3 Å². The van der Waals surface area contributed by atoms with Gasteiger partial charge in [0.05, 0.1) is 5.92 Å². The molecule has 0 aromatic heterocycles. The number of hydrogen-bond donors (Lipinski definition) is 1. The van der Waals surface area contributed by atoms with Crippen LogP contribution in [-0.2, 0) is 4.79 Å². The Balaban J connectivity index is 1.99. The number of benzene rings is 1. The normalized spacial score (nSPS) is 23.0. The SMILES string of the molecule is Cc1ccccc1C(=O)C[C@H]1CCC[C@@H](C(=O)O)C1. The maximum absolute atomic E-state index is 12.3. The van der Waals surface area contributed by atoms with E-state index in [1.165, 1.54) is 0 Å². The van der Waals surface area contributed by atoms with Crippen molar-refractivity contribution in [3.8, 4) is 0 Å². The summed E-state index contributed by atoms with van der Waals surface area (Å²) in [4.78, 5) is 23.3. The third-order valence-corrected chi connectivity index (χ3v) is 4.05. The van der Waals surface area contributed by atoms with Gasteiger partial charge in [-0.15, -0.1) is 0 Å². The van der Waals surface area contributed by atoms with Gasteiger partial charge in [0.15, 0.2) is 5.78 Å². The molecule has 0 spiro atoms. The summed E-state index contributed by atoms with van der Waals surface area (Å²) >= 11 is 0. The highest BCUT2D eigenvalue weighted by Crippen LogP contribution is 2.32. The van der Waals surface area contributed by atoms with Gasteiger partial charge in [-0.3, -0.25) is 9.59 Å². The first-order chi connectivity index (χ1) is 9.08. The van der Waals surface area contributed by atoms with E-state index in [1.807, 2.05) is 31.2 Å². The predicted octanol–water partition coefficient (Wildman–Crippen LogP) is 3.46. The number of rotatable bonds is 4. The minimum atomic E-state index is -0.715. The van der Waals surface area contributed by atoms with Crippen LogP contribution in [0.3, 0.4) is 0 Å². The maximum Gasteiger partial charge on any atom is 0.306 e. The lowest BCUT2D eigenvalue weighted by Crippen LogP contribution is -2.24. The van der Waals surface area contributed by atoms with Gasteiger partial charge in [0, 0.05) is 12.0 Å². The first kappa shape index (κ1) is 13.8. The highest BCUT2D eigenvalue weighted by atomic mass is 16.4. The summed E-state index contributed by atoms with van der Waals surface area (Å²) in [5.74, 6) is -0.604. The lowest BCUT2D eigenvalue weighted by molar-refractivity contribution is -0.143. The first-order valence-corrected chi connectivity index (χ1v) is 6.89. The zero-order valence-electron chi connectivity index (χ0n) is 11.3. The number of aliphatic carboxylic acids is 1. The van der Waals surface area contributed by atoms with Crippen LogP contribution in [0.5, 0.6) is 0 Å². The number of hydrogen-bond acceptors (Lipinski definition) is 2. The van der Waals surface area contributed by atoms with E-state index in [0.717, 1.165) is 30.4 Å². The molecular formula is C16H20O3. The van der Waals surface area contributed by atoms with Crippen LogP contribution in [0, 0.1) is 18.8 Å². The van der Waals surface area contributed by atoms with Gasteiger partial charge < -0.3 is 5.11 Å². The Kier molecular flexibility index (Phi) is 4.35. The Morgan fingerprint density at radius 3 is 2.68 bits per heavy atom. The van der Waals surface area contributed by atoms with Gasteiger partial charge in [-0.05, 0) is 37.7 Å². The van der Waals surface area contributed by atoms with E-state index in [-0.39, 0.29) is 17.6 Å². The predicted molar refractivity (Wildman–Crippen MR) is 73.2 cm³/mol. The van der Waals surface area contributed by atoms with Gasteiger partial charge in [0.1, 0.15) is 0 Å². The molecule has 2 rings (SSSR count). The summed E-state index contributed by atoms with van der Waals surface area (Å²) < 4.78 is 0. The molecule has 0 heterocycles. The Hall–Kier alpha value is -1.64. The molecule has 1 aliphatic carbocycles. The first-order valence-electron chi connectivity index (χ1n) is 6.89. The Bertz CT molecular complexity index is 479.